The summed E-state index contributed by atoms with van der Waals surface area (Å²) in [5.41, 5.74) is 0.512. The van der Waals surface area contributed by atoms with E-state index in [1.54, 1.807) is 25.2 Å². The summed E-state index contributed by atoms with van der Waals surface area (Å²) < 4.78 is 0. The number of carbonyl (C=O) groups is 3. The number of amides is 3. The van der Waals surface area contributed by atoms with Gasteiger partial charge in [0.1, 0.15) is 0 Å². The average Bonchev–Trinajstić information content (AvgIpc) is 2.64. The fourth-order valence-electron chi connectivity index (χ4n) is 2.72. The molecule has 28 heavy (non-hydrogen) atoms. The van der Waals surface area contributed by atoms with Crippen molar-refractivity contribution < 1.29 is 14.4 Å². The second kappa shape index (κ2) is 12.6. The van der Waals surface area contributed by atoms with Crippen LogP contribution < -0.4 is 5.32 Å². The number of anilines is 1. The highest BCUT2D eigenvalue weighted by Crippen LogP contribution is 2.24. The third-order valence-electron chi connectivity index (χ3n) is 4.13. The molecule has 0 bridgehead atoms. The predicted molar refractivity (Wildman–Crippen MR) is 114 cm³/mol. The molecule has 0 radical (unpaired) electrons. The molecule has 0 aliphatic rings. The summed E-state index contributed by atoms with van der Waals surface area (Å²) in [6.07, 6.45) is 2.88. The molecular formula is C20H29Cl2N3O3. The zero-order chi connectivity index (χ0) is 21.1. The van der Waals surface area contributed by atoms with Crippen molar-refractivity contribution in [1.82, 2.24) is 9.80 Å². The number of hydrogen-bond donors (Lipinski definition) is 1. The molecule has 8 heteroatoms. The van der Waals surface area contributed by atoms with Gasteiger partial charge in [-0.15, -0.1) is 0 Å². The van der Waals surface area contributed by atoms with Crippen LogP contribution in [0.4, 0.5) is 5.69 Å². The van der Waals surface area contributed by atoms with E-state index in [4.69, 9.17) is 23.2 Å². The van der Waals surface area contributed by atoms with Gasteiger partial charge in [0.15, 0.2) is 0 Å². The summed E-state index contributed by atoms with van der Waals surface area (Å²) in [7, 11) is 1.57. The Hall–Kier alpha value is -1.79. The molecule has 0 aliphatic carbocycles. The molecule has 1 N–H and O–H groups in total. The first kappa shape index (κ1) is 24.2. The first-order valence-corrected chi connectivity index (χ1v) is 10.3. The van der Waals surface area contributed by atoms with E-state index in [1.807, 2.05) is 18.7 Å². The first-order valence-electron chi connectivity index (χ1n) is 9.55. The largest absolute Gasteiger partial charge is 0.343 e. The van der Waals surface area contributed by atoms with E-state index in [-0.39, 0.29) is 30.7 Å². The van der Waals surface area contributed by atoms with Crippen LogP contribution in [-0.4, -0.2) is 54.2 Å². The van der Waals surface area contributed by atoms with Gasteiger partial charge < -0.3 is 15.1 Å². The monoisotopic (exact) mass is 429 g/mol. The fraction of sp³-hybridized carbons (Fsp3) is 0.550. The van der Waals surface area contributed by atoms with E-state index in [1.165, 1.54) is 4.90 Å². The Balaban J connectivity index is 2.40. The van der Waals surface area contributed by atoms with E-state index >= 15 is 0 Å². The lowest BCUT2D eigenvalue weighted by molar-refractivity contribution is -0.134. The van der Waals surface area contributed by atoms with Crippen LogP contribution in [-0.2, 0) is 14.4 Å². The maximum Gasteiger partial charge on any atom is 0.243 e. The number of nitrogens with one attached hydrogen (secondary N) is 1. The molecule has 156 valence electrons. The van der Waals surface area contributed by atoms with Crippen LogP contribution in [0.15, 0.2) is 18.2 Å². The van der Waals surface area contributed by atoms with Crippen molar-refractivity contribution in [1.29, 1.82) is 0 Å². The number of benzene rings is 1. The van der Waals surface area contributed by atoms with Crippen molar-refractivity contribution >= 4 is 46.6 Å². The Bertz CT molecular complexity index is 677. The highest BCUT2D eigenvalue weighted by Gasteiger charge is 2.16. The molecule has 3 amide bonds. The smallest absolute Gasteiger partial charge is 0.243 e. The molecule has 0 heterocycles. The summed E-state index contributed by atoms with van der Waals surface area (Å²) in [5, 5.41) is 3.42. The molecular weight excluding hydrogens is 401 g/mol. The average molecular weight is 430 g/mol. The van der Waals surface area contributed by atoms with Crippen molar-refractivity contribution in [2.75, 3.05) is 32.0 Å². The number of rotatable bonds is 11. The molecule has 0 aliphatic heterocycles. The SMILES string of the molecule is CCCN(CCC)C(=O)CCCC(=O)N(C)CC(=O)Nc1ccc(Cl)c(Cl)c1. The molecule has 1 aromatic carbocycles. The van der Waals surface area contributed by atoms with Gasteiger partial charge in [-0.05, 0) is 37.5 Å². The highest BCUT2D eigenvalue weighted by atomic mass is 35.5. The van der Waals surface area contributed by atoms with Gasteiger partial charge in [-0.3, -0.25) is 14.4 Å². The van der Waals surface area contributed by atoms with Gasteiger partial charge in [0, 0.05) is 38.7 Å². The number of likely N-dealkylation sites (N-methyl/N-ethyl adjacent to an activating group) is 1. The Morgan fingerprint density at radius 3 is 2.14 bits per heavy atom. The number of halogens is 2. The molecule has 0 spiro atoms. The van der Waals surface area contributed by atoms with Crippen molar-refractivity contribution in [3.05, 3.63) is 28.2 Å². The Kier molecular flexibility index (Phi) is 10.9. The minimum atomic E-state index is -0.331. The molecule has 0 fully saturated rings. The highest BCUT2D eigenvalue weighted by molar-refractivity contribution is 6.42. The van der Waals surface area contributed by atoms with Crippen LogP contribution in [0.25, 0.3) is 0 Å². The summed E-state index contributed by atoms with van der Waals surface area (Å²) in [6.45, 7) is 5.49. The van der Waals surface area contributed by atoms with Crippen LogP contribution in [0.3, 0.4) is 0 Å². The molecule has 0 saturated heterocycles. The second-order valence-corrected chi connectivity index (χ2v) is 7.48. The fourth-order valence-corrected chi connectivity index (χ4v) is 3.02. The third-order valence-corrected chi connectivity index (χ3v) is 4.87. The van der Waals surface area contributed by atoms with Gasteiger partial charge in [0.05, 0.1) is 16.6 Å². The lowest BCUT2D eigenvalue weighted by Gasteiger charge is -2.21. The standard InChI is InChI=1S/C20H29Cl2N3O3/c1-4-11-25(12-5-2)20(28)8-6-7-19(27)24(3)14-18(26)23-15-9-10-16(21)17(22)13-15/h9-10,13H,4-8,11-12,14H2,1-3H3,(H,23,26). The molecule has 1 rings (SSSR count). The zero-order valence-corrected chi connectivity index (χ0v) is 18.3. The van der Waals surface area contributed by atoms with E-state index in [0.29, 0.717) is 28.6 Å². The lowest BCUT2D eigenvalue weighted by Crippen LogP contribution is -2.35. The van der Waals surface area contributed by atoms with Crippen LogP contribution in [0.1, 0.15) is 46.0 Å². The van der Waals surface area contributed by atoms with Crippen LogP contribution in [0.2, 0.25) is 10.0 Å². The van der Waals surface area contributed by atoms with Crippen molar-refractivity contribution in [3.8, 4) is 0 Å². The maximum atomic E-state index is 12.2. The van der Waals surface area contributed by atoms with Crippen LogP contribution in [0.5, 0.6) is 0 Å². The molecule has 0 unspecified atom stereocenters. The first-order chi connectivity index (χ1) is 13.3. The quantitative estimate of drug-likeness (QED) is 0.572. The van der Waals surface area contributed by atoms with E-state index in [2.05, 4.69) is 5.32 Å². The Labute approximate surface area is 177 Å². The molecule has 0 aromatic heterocycles. The topological polar surface area (TPSA) is 69.7 Å². The second-order valence-electron chi connectivity index (χ2n) is 6.66. The van der Waals surface area contributed by atoms with Gasteiger partial charge in [-0.25, -0.2) is 0 Å². The van der Waals surface area contributed by atoms with Crippen molar-refractivity contribution in [2.24, 2.45) is 0 Å². The Morgan fingerprint density at radius 1 is 0.964 bits per heavy atom. The summed E-state index contributed by atoms with van der Waals surface area (Å²) in [4.78, 5) is 39.7. The van der Waals surface area contributed by atoms with Crippen LogP contribution in [0, 0.1) is 0 Å². The summed E-state index contributed by atoms with van der Waals surface area (Å²) in [5.74, 6) is -0.423. The number of carbonyl (C=O) groups excluding carboxylic acids is 3. The molecule has 0 saturated carbocycles. The van der Waals surface area contributed by atoms with Gasteiger partial charge in [-0.2, -0.15) is 0 Å². The Morgan fingerprint density at radius 2 is 1.57 bits per heavy atom. The molecule has 6 nitrogen and oxygen atoms in total. The normalized spacial score (nSPS) is 10.5. The van der Waals surface area contributed by atoms with E-state index in [9.17, 15) is 14.4 Å². The molecule has 0 atom stereocenters. The maximum absolute atomic E-state index is 12.2. The third kappa shape index (κ3) is 8.48. The summed E-state index contributed by atoms with van der Waals surface area (Å²) >= 11 is 11.8. The summed E-state index contributed by atoms with van der Waals surface area (Å²) in [6, 6.07) is 4.78. The minimum Gasteiger partial charge on any atom is -0.343 e. The van der Waals surface area contributed by atoms with Gasteiger partial charge >= 0.3 is 0 Å². The molecule has 1 aromatic rings. The van der Waals surface area contributed by atoms with E-state index < -0.39 is 0 Å². The van der Waals surface area contributed by atoms with Crippen molar-refractivity contribution in [3.63, 3.8) is 0 Å². The number of nitrogens with zero attached hydrogens (tertiary/aromatic N) is 2. The number of hydrogen-bond acceptors (Lipinski definition) is 3. The lowest BCUT2D eigenvalue weighted by atomic mass is 10.2. The van der Waals surface area contributed by atoms with Gasteiger partial charge in [-0.1, -0.05) is 37.0 Å². The van der Waals surface area contributed by atoms with Crippen molar-refractivity contribution in [2.45, 2.75) is 46.0 Å². The van der Waals surface area contributed by atoms with Crippen LogP contribution >= 0.6 is 23.2 Å². The van der Waals surface area contributed by atoms with E-state index in [0.717, 1.165) is 25.9 Å². The van der Waals surface area contributed by atoms with Gasteiger partial charge in [0.2, 0.25) is 17.7 Å². The zero-order valence-electron chi connectivity index (χ0n) is 16.8. The van der Waals surface area contributed by atoms with Gasteiger partial charge in [0.25, 0.3) is 0 Å². The predicted octanol–water partition coefficient (Wildman–Crippen LogP) is 4.21. The minimum absolute atomic E-state index is 0.0786.